The van der Waals surface area contributed by atoms with Gasteiger partial charge >= 0.3 is 0 Å². The van der Waals surface area contributed by atoms with E-state index >= 15 is 0 Å². The van der Waals surface area contributed by atoms with E-state index in [0.29, 0.717) is 10.6 Å². The largest absolute Gasteiger partial charge is 0.383 e. The second-order valence-electron chi connectivity index (χ2n) is 5.29. The Labute approximate surface area is 135 Å². The Bertz CT molecular complexity index is 790. The van der Waals surface area contributed by atoms with Crippen molar-refractivity contribution >= 4 is 38.9 Å². The number of nitrogens with zero attached hydrogens (tertiary/aromatic N) is 2. The average Bonchev–Trinajstić information content (AvgIpc) is 3.11. The lowest BCUT2D eigenvalue weighted by atomic mass is 10.0. The van der Waals surface area contributed by atoms with Crippen LogP contribution in [0.5, 0.6) is 0 Å². The van der Waals surface area contributed by atoms with Crippen LogP contribution in [0.4, 0.5) is 0 Å². The van der Waals surface area contributed by atoms with Crippen LogP contribution in [0.2, 0.25) is 0 Å². The minimum atomic E-state index is -1.12. The summed E-state index contributed by atoms with van der Waals surface area (Å²) >= 11 is 2.59. The molecule has 2 aromatic heterocycles. The van der Waals surface area contributed by atoms with E-state index in [1.54, 1.807) is 13.8 Å². The molecule has 1 atom stereocenters. The van der Waals surface area contributed by atoms with Crippen LogP contribution >= 0.6 is 22.9 Å². The van der Waals surface area contributed by atoms with Gasteiger partial charge in [0, 0.05) is 9.58 Å². The molecule has 114 valence electrons. The summed E-state index contributed by atoms with van der Waals surface area (Å²) in [7, 11) is 0. The zero-order valence-corrected chi connectivity index (χ0v) is 13.8. The Morgan fingerprint density at radius 2 is 2.18 bits per heavy atom. The molecule has 0 aliphatic carbocycles. The number of hydrogen-bond donors (Lipinski definition) is 2. The van der Waals surface area contributed by atoms with Crippen molar-refractivity contribution < 1.29 is 9.90 Å². The van der Waals surface area contributed by atoms with Gasteiger partial charge in [0.1, 0.15) is 10.5 Å². The van der Waals surface area contributed by atoms with E-state index in [1.807, 2.05) is 30.3 Å². The number of carbonyl (C=O) groups is 1. The van der Waals surface area contributed by atoms with Gasteiger partial charge in [0.05, 0.1) is 12.2 Å². The molecule has 1 aromatic carbocycles. The number of hydrogen-bond acceptors (Lipinski definition) is 6. The third kappa shape index (κ3) is 2.87. The van der Waals surface area contributed by atoms with E-state index in [9.17, 15) is 9.90 Å². The molecule has 2 N–H and O–H groups in total. The van der Waals surface area contributed by atoms with E-state index in [0.717, 1.165) is 26.5 Å². The predicted molar refractivity (Wildman–Crippen MR) is 88.4 cm³/mol. The molecular formula is C15H15N3O2S2. The highest BCUT2D eigenvalue weighted by molar-refractivity contribution is 7.19. The molecule has 1 amide bonds. The number of aliphatic hydroxyl groups is 1. The van der Waals surface area contributed by atoms with Crippen molar-refractivity contribution in [2.24, 2.45) is 0 Å². The van der Waals surface area contributed by atoms with Crippen LogP contribution in [0.3, 0.4) is 0 Å². The fraction of sp³-hybridized carbons (Fsp3) is 0.267. The normalized spacial score (nSPS) is 14.0. The Kier molecular flexibility index (Phi) is 3.94. The molecule has 0 fully saturated rings. The first kappa shape index (κ1) is 15.1. The number of amides is 1. The molecule has 0 spiro atoms. The minimum Gasteiger partial charge on any atom is -0.383 e. The van der Waals surface area contributed by atoms with Crippen LogP contribution < -0.4 is 5.32 Å². The molecule has 0 aliphatic rings. The summed E-state index contributed by atoms with van der Waals surface area (Å²) in [4.78, 5) is 13.4. The summed E-state index contributed by atoms with van der Waals surface area (Å²) in [6, 6.07) is 9.93. The van der Waals surface area contributed by atoms with Crippen molar-refractivity contribution in [1.82, 2.24) is 14.9 Å². The SMILES string of the molecule is Cc1nnsc1C(=O)NCC(C)(O)c1cc2ccccc2s1. The Morgan fingerprint density at radius 3 is 2.86 bits per heavy atom. The first-order chi connectivity index (χ1) is 10.5. The molecule has 1 unspecified atom stereocenters. The van der Waals surface area contributed by atoms with Gasteiger partial charge in [-0.1, -0.05) is 22.7 Å². The second kappa shape index (κ2) is 5.75. The van der Waals surface area contributed by atoms with Crippen LogP contribution in [-0.2, 0) is 5.60 Å². The molecule has 2 heterocycles. The molecule has 5 nitrogen and oxygen atoms in total. The van der Waals surface area contributed by atoms with Gasteiger partial charge in [-0.2, -0.15) is 0 Å². The number of aryl methyl sites for hydroxylation is 1. The van der Waals surface area contributed by atoms with Crippen molar-refractivity contribution in [2.45, 2.75) is 19.4 Å². The highest BCUT2D eigenvalue weighted by Gasteiger charge is 2.27. The zero-order chi connectivity index (χ0) is 15.7. The molecule has 0 saturated carbocycles. The second-order valence-corrected chi connectivity index (χ2v) is 7.13. The fourth-order valence-electron chi connectivity index (χ4n) is 2.11. The Balaban J connectivity index is 1.75. The molecule has 0 saturated heterocycles. The molecular weight excluding hydrogens is 318 g/mol. The summed E-state index contributed by atoms with van der Waals surface area (Å²) in [5, 5.41) is 18.3. The highest BCUT2D eigenvalue weighted by Crippen LogP contribution is 2.32. The quantitative estimate of drug-likeness (QED) is 0.770. The number of aromatic nitrogens is 2. The van der Waals surface area contributed by atoms with Crippen molar-refractivity contribution in [1.29, 1.82) is 0 Å². The maximum absolute atomic E-state index is 12.1. The summed E-state index contributed by atoms with van der Waals surface area (Å²) in [6.07, 6.45) is 0. The fourth-order valence-corrected chi connectivity index (χ4v) is 3.79. The lowest BCUT2D eigenvalue weighted by Gasteiger charge is -2.22. The lowest BCUT2D eigenvalue weighted by Crippen LogP contribution is -2.38. The summed E-state index contributed by atoms with van der Waals surface area (Å²) < 4.78 is 4.86. The molecule has 0 bridgehead atoms. The number of fused-ring (bicyclic) bond motifs is 1. The zero-order valence-electron chi connectivity index (χ0n) is 12.2. The van der Waals surface area contributed by atoms with Crippen LogP contribution in [0.1, 0.15) is 27.2 Å². The van der Waals surface area contributed by atoms with Crippen molar-refractivity contribution in [2.75, 3.05) is 6.54 Å². The molecule has 3 rings (SSSR count). The number of thiophene rings is 1. The number of benzene rings is 1. The van der Waals surface area contributed by atoms with E-state index in [2.05, 4.69) is 14.9 Å². The van der Waals surface area contributed by atoms with Gasteiger partial charge in [-0.05, 0) is 42.9 Å². The van der Waals surface area contributed by atoms with Crippen molar-refractivity contribution in [3.63, 3.8) is 0 Å². The summed E-state index contributed by atoms with van der Waals surface area (Å²) in [6.45, 7) is 3.58. The monoisotopic (exact) mass is 333 g/mol. The topological polar surface area (TPSA) is 75.1 Å². The van der Waals surface area contributed by atoms with E-state index in [4.69, 9.17) is 0 Å². The Morgan fingerprint density at radius 1 is 1.41 bits per heavy atom. The maximum Gasteiger partial charge on any atom is 0.265 e. The van der Waals surface area contributed by atoms with Crippen molar-refractivity contribution in [3.8, 4) is 0 Å². The predicted octanol–water partition coefficient (Wildman–Crippen LogP) is 2.70. The third-order valence-corrected chi connectivity index (χ3v) is 5.60. The number of carbonyl (C=O) groups excluding carboxylic acids is 1. The smallest absolute Gasteiger partial charge is 0.265 e. The van der Waals surface area contributed by atoms with Crippen LogP contribution in [0.25, 0.3) is 10.1 Å². The van der Waals surface area contributed by atoms with Gasteiger partial charge in [0.25, 0.3) is 5.91 Å². The Hall–Kier alpha value is -1.83. The summed E-state index contributed by atoms with van der Waals surface area (Å²) in [5.41, 5.74) is -0.519. The first-order valence-electron chi connectivity index (χ1n) is 6.76. The van der Waals surface area contributed by atoms with Crippen molar-refractivity contribution in [3.05, 3.63) is 45.8 Å². The van der Waals surface area contributed by atoms with Gasteiger partial charge in [-0.25, -0.2) is 0 Å². The van der Waals surface area contributed by atoms with Crippen LogP contribution in [-0.4, -0.2) is 27.1 Å². The highest BCUT2D eigenvalue weighted by atomic mass is 32.1. The molecule has 3 aromatic rings. The van der Waals surface area contributed by atoms with Crippen LogP contribution in [0.15, 0.2) is 30.3 Å². The molecule has 0 radical (unpaired) electrons. The molecule has 7 heteroatoms. The average molecular weight is 333 g/mol. The van der Waals surface area contributed by atoms with Crippen LogP contribution in [0, 0.1) is 6.92 Å². The van der Waals surface area contributed by atoms with Gasteiger partial charge in [0.15, 0.2) is 0 Å². The van der Waals surface area contributed by atoms with E-state index in [1.165, 1.54) is 11.3 Å². The minimum absolute atomic E-state index is 0.135. The van der Waals surface area contributed by atoms with E-state index < -0.39 is 5.60 Å². The third-order valence-electron chi connectivity index (χ3n) is 3.41. The first-order valence-corrected chi connectivity index (χ1v) is 8.35. The van der Waals surface area contributed by atoms with Gasteiger partial charge in [-0.15, -0.1) is 16.4 Å². The number of rotatable bonds is 4. The lowest BCUT2D eigenvalue weighted by molar-refractivity contribution is 0.0558. The maximum atomic E-state index is 12.1. The van der Waals surface area contributed by atoms with Gasteiger partial charge < -0.3 is 10.4 Å². The van der Waals surface area contributed by atoms with Gasteiger partial charge in [0.2, 0.25) is 0 Å². The summed E-state index contributed by atoms with van der Waals surface area (Å²) in [5.74, 6) is -0.256. The number of nitrogens with one attached hydrogen (secondary N) is 1. The molecule has 0 aliphatic heterocycles. The van der Waals surface area contributed by atoms with E-state index in [-0.39, 0.29) is 12.5 Å². The standard InChI is InChI=1S/C15H15N3O2S2/c1-9-13(22-18-17-9)14(19)16-8-15(2,20)12-7-10-5-3-4-6-11(10)21-12/h3-7,20H,8H2,1-2H3,(H,16,19). The van der Waals surface area contributed by atoms with Gasteiger partial charge in [-0.3, -0.25) is 4.79 Å². The molecule has 22 heavy (non-hydrogen) atoms.